The van der Waals surface area contributed by atoms with Crippen molar-refractivity contribution < 1.29 is 14.3 Å². The third-order valence-electron chi connectivity index (χ3n) is 2.85. The van der Waals surface area contributed by atoms with E-state index in [1.54, 1.807) is 0 Å². The molecule has 1 aliphatic rings. The Morgan fingerprint density at radius 1 is 1.50 bits per heavy atom. The zero-order chi connectivity index (χ0) is 12.8. The summed E-state index contributed by atoms with van der Waals surface area (Å²) < 4.78 is 10.6. The van der Waals surface area contributed by atoms with Gasteiger partial charge in [0.1, 0.15) is 6.61 Å². The first kappa shape index (κ1) is 13.0. The summed E-state index contributed by atoms with van der Waals surface area (Å²) in [5.41, 5.74) is 7.47. The molecule has 0 saturated heterocycles. The normalized spacial score (nSPS) is 18.3. The maximum absolute atomic E-state index is 10.5. The number of carbonyl (C=O) groups is 1. The molecule has 1 heterocycles. The second kappa shape index (κ2) is 6.49. The van der Waals surface area contributed by atoms with Crippen molar-refractivity contribution in [2.75, 3.05) is 26.4 Å². The lowest BCUT2D eigenvalue weighted by atomic mass is 9.99. The smallest absolute Gasteiger partial charge is 0.243 e. The van der Waals surface area contributed by atoms with E-state index in [1.165, 1.54) is 11.1 Å². The van der Waals surface area contributed by atoms with E-state index in [1.807, 2.05) is 12.1 Å². The molecule has 5 nitrogen and oxygen atoms in total. The molecule has 0 aromatic heterocycles. The minimum absolute atomic E-state index is 0.0283. The van der Waals surface area contributed by atoms with Gasteiger partial charge in [0, 0.05) is 6.54 Å². The third-order valence-corrected chi connectivity index (χ3v) is 2.85. The van der Waals surface area contributed by atoms with Gasteiger partial charge in [0.05, 0.1) is 25.9 Å². The summed E-state index contributed by atoms with van der Waals surface area (Å²) in [5, 5.41) is 3.35. The third kappa shape index (κ3) is 3.53. The number of primary amides is 1. The molecule has 18 heavy (non-hydrogen) atoms. The van der Waals surface area contributed by atoms with Crippen LogP contribution in [0.15, 0.2) is 24.3 Å². The highest BCUT2D eigenvalue weighted by Crippen LogP contribution is 2.23. The minimum Gasteiger partial charge on any atom is -0.375 e. The fraction of sp³-hybridized carbons (Fsp3) is 0.462. The molecule has 0 saturated carbocycles. The topological polar surface area (TPSA) is 73.6 Å². The van der Waals surface area contributed by atoms with E-state index >= 15 is 0 Å². The van der Waals surface area contributed by atoms with Crippen LogP contribution < -0.4 is 11.1 Å². The first-order valence-corrected chi connectivity index (χ1v) is 6.02. The van der Waals surface area contributed by atoms with Crippen LogP contribution in [-0.4, -0.2) is 32.3 Å². The molecule has 3 N–H and O–H groups in total. The van der Waals surface area contributed by atoms with Gasteiger partial charge in [0.2, 0.25) is 5.91 Å². The molecule has 1 aromatic rings. The lowest BCUT2D eigenvalue weighted by Crippen LogP contribution is -2.32. The Labute approximate surface area is 106 Å². The highest BCUT2D eigenvalue weighted by molar-refractivity contribution is 5.74. The van der Waals surface area contributed by atoms with Gasteiger partial charge in [-0.1, -0.05) is 24.3 Å². The van der Waals surface area contributed by atoms with Crippen LogP contribution in [0, 0.1) is 0 Å². The molecular weight excluding hydrogens is 232 g/mol. The standard InChI is InChI=1S/C13H18N2O3/c14-13(16)9-17-6-5-15-12-8-18-7-10-3-1-2-4-11(10)12/h1-4,12,15H,5-9H2,(H2,14,16). The molecule has 0 radical (unpaired) electrons. The summed E-state index contributed by atoms with van der Waals surface area (Å²) in [5.74, 6) is -0.443. The second-order valence-corrected chi connectivity index (χ2v) is 4.24. The number of ether oxygens (including phenoxy) is 2. The number of carbonyl (C=O) groups excluding carboxylic acids is 1. The lowest BCUT2D eigenvalue weighted by Gasteiger charge is -2.26. The van der Waals surface area contributed by atoms with Crippen LogP contribution in [0.5, 0.6) is 0 Å². The average Bonchev–Trinajstić information content (AvgIpc) is 2.38. The molecule has 1 aliphatic heterocycles. The quantitative estimate of drug-likeness (QED) is 0.714. The molecule has 0 fully saturated rings. The van der Waals surface area contributed by atoms with Crippen molar-refractivity contribution in [3.63, 3.8) is 0 Å². The summed E-state index contributed by atoms with van der Waals surface area (Å²) in [6, 6.07) is 8.42. The molecule has 2 rings (SSSR count). The van der Waals surface area contributed by atoms with Crippen molar-refractivity contribution in [1.82, 2.24) is 5.32 Å². The number of nitrogens with one attached hydrogen (secondary N) is 1. The molecule has 5 heteroatoms. The van der Waals surface area contributed by atoms with Gasteiger partial charge < -0.3 is 20.5 Å². The molecule has 1 amide bonds. The largest absolute Gasteiger partial charge is 0.375 e. The van der Waals surface area contributed by atoms with Gasteiger partial charge in [-0.15, -0.1) is 0 Å². The van der Waals surface area contributed by atoms with Crippen molar-refractivity contribution in [3.8, 4) is 0 Å². The maximum atomic E-state index is 10.5. The van der Waals surface area contributed by atoms with Crippen LogP contribution >= 0.6 is 0 Å². The van der Waals surface area contributed by atoms with Crippen LogP contribution in [-0.2, 0) is 20.9 Å². The van der Waals surface area contributed by atoms with Gasteiger partial charge in [-0.05, 0) is 11.1 Å². The number of rotatable bonds is 6. The van der Waals surface area contributed by atoms with Gasteiger partial charge in [0.25, 0.3) is 0 Å². The number of nitrogens with two attached hydrogens (primary N) is 1. The fourth-order valence-electron chi connectivity index (χ4n) is 2.03. The summed E-state index contributed by atoms with van der Waals surface area (Å²) in [4.78, 5) is 10.5. The summed E-state index contributed by atoms with van der Waals surface area (Å²) >= 11 is 0. The van der Waals surface area contributed by atoms with Crippen LogP contribution in [0.3, 0.4) is 0 Å². The summed E-state index contributed by atoms with van der Waals surface area (Å²) in [6.45, 7) is 2.43. The SMILES string of the molecule is NC(=O)COCCNC1COCc2ccccc21. The molecule has 1 atom stereocenters. The predicted octanol–water partition coefficient (Wildman–Crippen LogP) is 0.349. The van der Waals surface area contributed by atoms with Gasteiger partial charge in [-0.3, -0.25) is 4.79 Å². The monoisotopic (exact) mass is 250 g/mol. The molecule has 0 bridgehead atoms. The number of hydrogen-bond donors (Lipinski definition) is 2. The maximum Gasteiger partial charge on any atom is 0.243 e. The first-order chi connectivity index (χ1) is 8.77. The van der Waals surface area contributed by atoms with Crippen LogP contribution in [0.4, 0.5) is 0 Å². The van der Waals surface area contributed by atoms with Gasteiger partial charge in [-0.2, -0.15) is 0 Å². The summed E-state index contributed by atoms with van der Waals surface area (Å²) in [7, 11) is 0. The molecule has 1 aromatic carbocycles. The van der Waals surface area contributed by atoms with Crippen molar-refractivity contribution in [1.29, 1.82) is 0 Å². The first-order valence-electron chi connectivity index (χ1n) is 6.02. The average molecular weight is 250 g/mol. The Bertz CT molecular complexity index is 409. The number of hydrogen-bond acceptors (Lipinski definition) is 4. The molecule has 1 unspecified atom stereocenters. The van der Waals surface area contributed by atoms with E-state index < -0.39 is 5.91 Å². The minimum atomic E-state index is -0.443. The van der Waals surface area contributed by atoms with E-state index in [2.05, 4.69) is 17.4 Å². The molecule has 0 spiro atoms. The van der Waals surface area contributed by atoms with Crippen molar-refractivity contribution in [2.45, 2.75) is 12.6 Å². The Morgan fingerprint density at radius 3 is 3.17 bits per heavy atom. The van der Waals surface area contributed by atoms with Gasteiger partial charge in [-0.25, -0.2) is 0 Å². The van der Waals surface area contributed by atoms with E-state index in [0.29, 0.717) is 26.4 Å². The number of benzene rings is 1. The Morgan fingerprint density at radius 2 is 2.33 bits per heavy atom. The Hall–Kier alpha value is -1.43. The number of fused-ring (bicyclic) bond motifs is 1. The van der Waals surface area contributed by atoms with E-state index in [-0.39, 0.29) is 12.6 Å². The molecule has 98 valence electrons. The van der Waals surface area contributed by atoms with Crippen molar-refractivity contribution in [3.05, 3.63) is 35.4 Å². The fourth-order valence-corrected chi connectivity index (χ4v) is 2.03. The molecular formula is C13H18N2O3. The van der Waals surface area contributed by atoms with Gasteiger partial charge >= 0.3 is 0 Å². The second-order valence-electron chi connectivity index (χ2n) is 4.24. The van der Waals surface area contributed by atoms with E-state index in [0.717, 1.165) is 0 Å². The van der Waals surface area contributed by atoms with Crippen LogP contribution in [0.25, 0.3) is 0 Å². The molecule has 0 aliphatic carbocycles. The summed E-state index contributed by atoms with van der Waals surface area (Å²) in [6.07, 6.45) is 0. The highest BCUT2D eigenvalue weighted by atomic mass is 16.5. The number of amides is 1. The Balaban J connectivity index is 1.79. The van der Waals surface area contributed by atoms with Crippen LogP contribution in [0.1, 0.15) is 17.2 Å². The van der Waals surface area contributed by atoms with Crippen molar-refractivity contribution >= 4 is 5.91 Å². The van der Waals surface area contributed by atoms with E-state index in [4.69, 9.17) is 15.2 Å². The van der Waals surface area contributed by atoms with E-state index in [9.17, 15) is 4.79 Å². The zero-order valence-electron chi connectivity index (χ0n) is 10.2. The highest BCUT2D eigenvalue weighted by Gasteiger charge is 2.19. The predicted molar refractivity (Wildman–Crippen MR) is 66.9 cm³/mol. The van der Waals surface area contributed by atoms with Crippen LogP contribution in [0.2, 0.25) is 0 Å². The van der Waals surface area contributed by atoms with Gasteiger partial charge in [0.15, 0.2) is 0 Å². The zero-order valence-corrected chi connectivity index (χ0v) is 10.2. The van der Waals surface area contributed by atoms with Crippen molar-refractivity contribution in [2.24, 2.45) is 5.73 Å². The lowest BCUT2D eigenvalue weighted by molar-refractivity contribution is -0.122. The Kier molecular flexibility index (Phi) is 4.69.